The van der Waals surface area contributed by atoms with Gasteiger partial charge in [-0.05, 0) is 30.7 Å². The number of rotatable bonds is 6. The first kappa shape index (κ1) is 15.5. The molecule has 0 aromatic heterocycles. The summed E-state index contributed by atoms with van der Waals surface area (Å²) in [5.74, 6) is -0.0296. The molecular weight excluding hydrogens is 293 g/mol. The first-order chi connectivity index (χ1) is 9.99. The van der Waals surface area contributed by atoms with Crippen molar-refractivity contribution >= 4 is 10.0 Å². The fraction of sp³-hybridized carbons (Fsp3) is 0.200. The summed E-state index contributed by atoms with van der Waals surface area (Å²) >= 11 is 0. The predicted octanol–water partition coefficient (Wildman–Crippen LogP) is 2.49. The van der Waals surface area contributed by atoms with Crippen molar-refractivity contribution in [3.05, 3.63) is 59.9 Å². The normalized spacial score (nSPS) is 11.3. The first-order valence-electron chi connectivity index (χ1n) is 6.43. The minimum atomic E-state index is -3.56. The van der Waals surface area contributed by atoms with E-state index in [2.05, 4.69) is 4.72 Å². The third kappa shape index (κ3) is 4.27. The van der Waals surface area contributed by atoms with Crippen LogP contribution in [-0.4, -0.2) is 21.6 Å². The number of nitrogens with one attached hydrogen (secondary N) is 1. The van der Waals surface area contributed by atoms with Crippen LogP contribution in [-0.2, 0) is 10.0 Å². The lowest BCUT2D eigenvalue weighted by atomic mass is 10.2. The van der Waals surface area contributed by atoms with Gasteiger partial charge in [0.2, 0.25) is 10.0 Å². The van der Waals surface area contributed by atoms with Gasteiger partial charge in [-0.2, -0.15) is 0 Å². The van der Waals surface area contributed by atoms with Gasteiger partial charge in [0.1, 0.15) is 18.2 Å². The quantitative estimate of drug-likeness (QED) is 0.834. The number of benzene rings is 2. The summed E-state index contributed by atoms with van der Waals surface area (Å²) in [5.41, 5.74) is 0.677. The number of ether oxygens (including phenoxy) is 1. The average molecular weight is 309 g/mol. The standard InChI is InChI=1S/C15H16FNO3S/c1-12-5-2-3-8-15(12)21(18,19)17-9-10-20-14-7-4-6-13(16)11-14/h2-8,11,17H,9-10H2,1H3. The van der Waals surface area contributed by atoms with Crippen molar-refractivity contribution in [2.24, 2.45) is 0 Å². The molecule has 0 saturated heterocycles. The van der Waals surface area contributed by atoms with E-state index in [1.807, 2.05) is 0 Å². The van der Waals surface area contributed by atoms with Gasteiger partial charge in [0, 0.05) is 12.6 Å². The van der Waals surface area contributed by atoms with Crippen molar-refractivity contribution in [1.82, 2.24) is 4.72 Å². The Labute approximate surface area is 123 Å². The molecule has 0 aliphatic rings. The Morgan fingerprint density at radius 1 is 1.14 bits per heavy atom. The maximum absolute atomic E-state index is 12.9. The fourth-order valence-corrected chi connectivity index (χ4v) is 3.09. The second-order valence-corrected chi connectivity index (χ2v) is 6.20. The highest BCUT2D eigenvalue weighted by Crippen LogP contribution is 2.14. The van der Waals surface area contributed by atoms with E-state index in [1.165, 1.54) is 18.2 Å². The van der Waals surface area contributed by atoms with Crippen LogP contribution >= 0.6 is 0 Å². The molecule has 0 heterocycles. The van der Waals surface area contributed by atoms with Gasteiger partial charge in [-0.1, -0.05) is 24.3 Å². The molecule has 0 bridgehead atoms. The predicted molar refractivity (Wildman–Crippen MR) is 78.3 cm³/mol. The molecule has 2 aromatic carbocycles. The maximum atomic E-state index is 12.9. The molecule has 0 saturated carbocycles. The lowest BCUT2D eigenvalue weighted by Crippen LogP contribution is -2.28. The number of sulfonamides is 1. The second-order valence-electron chi connectivity index (χ2n) is 4.47. The van der Waals surface area contributed by atoms with E-state index in [0.717, 1.165) is 0 Å². The molecule has 112 valence electrons. The van der Waals surface area contributed by atoms with Crippen LogP contribution < -0.4 is 9.46 Å². The molecule has 0 fully saturated rings. The summed E-state index contributed by atoms with van der Waals surface area (Å²) in [5, 5.41) is 0. The van der Waals surface area contributed by atoms with Crippen LogP contribution in [0, 0.1) is 12.7 Å². The van der Waals surface area contributed by atoms with Crippen LogP contribution in [0.4, 0.5) is 4.39 Å². The minimum Gasteiger partial charge on any atom is -0.492 e. The molecule has 2 rings (SSSR count). The van der Waals surface area contributed by atoms with Gasteiger partial charge in [0.15, 0.2) is 0 Å². The van der Waals surface area contributed by atoms with Crippen LogP contribution in [0.2, 0.25) is 0 Å². The van der Waals surface area contributed by atoms with Gasteiger partial charge >= 0.3 is 0 Å². The molecule has 21 heavy (non-hydrogen) atoms. The number of aryl methyl sites for hydroxylation is 1. The van der Waals surface area contributed by atoms with E-state index in [9.17, 15) is 12.8 Å². The van der Waals surface area contributed by atoms with Gasteiger partial charge in [0.25, 0.3) is 0 Å². The highest BCUT2D eigenvalue weighted by Gasteiger charge is 2.15. The third-order valence-electron chi connectivity index (χ3n) is 2.84. The summed E-state index contributed by atoms with van der Waals surface area (Å²) in [6.45, 7) is 1.96. The minimum absolute atomic E-state index is 0.104. The van der Waals surface area contributed by atoms with Crippen LogP contribution in [0.3, 0.4) is 0 Å². The van der Waals surface area contributed by atoms with Crippen LogP contribution in [0.5, 0.6) is 5.75 Å². The van der Waals surface area contributed by atoms with E-state index >= 15 is 0 Å². The SMILES string of the molecule is Cc1ccccc1S(=O)(=O)NCCOc1cccc(F)c1. The summed E-state index contributed by atoms with van der Waals surface area (Å²) in [6, 6.07) is 12.4. The summed E-state index contributed by atoms with van der Waals surface area (Å²) < 4.78 is 44.9. The van der Waals surface area contributed by atoms with Crippen molar-refractivity contribution in [3.63, 3.8) is 0 Å². The molecule has 0 amide bonds. The largest absolute Gasteiger partial charge is 0.492 e. The Kier molecular flexibility index (Phi) is 4.93. The zero-order chi connectivity index (χ0) is 15.3. The van der Waals surface area contributed by atoms with Crippen molar-refractivity contribution in [3.8, 4) is 5.75 Å². The van der Waals surface area contributed by atoms with Crippen molar-refractivity contribution in [2.75, 3.05) is 13.2 Å². The van der Waals surface area contributed by atoms with Crippen LogP contribution in [0.15, 0.2) is 53.4 Å². The smallest absolute Gasteiger partial charge is 0.240 e. The lowest BCUT2D eigenvalue weighted by molar-refractivity contribution is 0.321. The Morgan fingerprint density at radius 3 is 2.62 bits per heavy atom. The second kappa shape index (κ2) is 6.69. The zero-order valence-corrected chi connectivity index (χ0v) is 12.4. The van der Waals surface area contributed by atoms with E-state index in [-0.39, 0.29) is 18.0 Å². The van der Waals surface area contributed by atoms with Gasteiger partial charge in [-0.15, -0.1) is 0 Å². The molecule has 0 unspecified atom stereocenters. The average Bonchev–Trinajstić information content (AvgIpc) is 2.44. The molecule has 0 aliphatic heterocycles. The number of hydrogen-bond acceptors (Lipinski definition) is 3. The van der Waals surface area contributed by atoms with E-state index in [4.69, 9.17) is 4.74 Å². The van der Waals surface area contributed by atoms with Crippen molar-refractivity contribution < 1.29 is 17.5 Å². The summed E-state index contributed by atoms with van der Waals surface area (Å²) in [6.07, 6.45) is 0. The monoisotopic (exact) mass is 309 g/mol. The molecular formula is C15H16FNO3S. The van der Waals surface area contributed by atoms with Crippen molar-refractivity contribution in [2.45, 2.75) is 11.8 Å². The molecule has 6 heteroatoms. The zero-order valence-electron chi connectivity index (χ0n) is 11.5. The van der Waals surface area contributed by atoms with Gasteiger partial charge in [-0.25, -0.2) is 17.5 Å². The Morgan fingerprint density at radius 2 is 1.90 bits per heavy atom. The van der Waals surface area contributed by atoms with E-state index in [1.54, 1.807) is 37.3 Å². The summed E-state index contributed by atoms with van der Waals surface area (Å²) in [7, 11) is -3.56. The molecule has 0 atom stereocenters. The maximum Gasteiger partial charge on any atom is 0.240 e. The van der Waals surface area contributed by atoms with E-state index in [0.29, 0.717) is 11.3 Å². The molecule has 2 aromatic rings. The Bertz CT molecular complexity index is 716. The highest BCUT2D eigenvalue weighted by atomic mass is 32.2. The molecule has 0 aliphatic carbocycles. The lowest BCUT2D eigenvalue weighted by Gasteiger charge is -2.10. The fourth-order valence-electron chi connectivity index (χ4n) is 1.84. The topological polar surface area (TPSA) is 55.4 Å². The Balaban J connectivity index is 1.90. The molecule has 1 N–H and O–H groups in total. The molecule has 4 nitrogen and oxygen atoms in total. The molecule has 0 radical (unpaired) electrons. The third-order valence-corrected chi connectivity index (χ3v) is 4.46. The Hall–Kier alpha value is -1.92. The van der Waals surface area contributed by atoms with E-state index < -0.39 is 15.8 Å². The van der Waals surface area contributed by atoms with Gasteiger partial charge in [-0.3, -0.25) is 0 Å². The van der Waals surface area contributed by atoms with Gasteiger partial charge < -0.3 is 4.74 Å². The van der Waals surface area contributed by atoms with Crippen LogP contribution in [0.1, 0.15) is 5.56 Å². The molecule has 0 spiro atoms. The number of hydrogen-bond donors (Lipinski definition) is 1. The highest BCUT2D eigenvalue weighted by molar-refractivity contribution is 7.89. The summed E-state index contributed by atoms with van der Waals surface area (Å²) in [4.78, 5) is 0.246. The van der Waals surface area contributed by atoms with Crippen molar-refractivity contribution in [1.29, 1.82) is 0 Å². The first-order valence-corrected chi connectivity index (χ1v) is 7.91. The van der Waals surface area contributed by atoms with Gasteiger partial charge in [0.05, 0.1) is 4.90 Å². The van der Waals surface area contributed by atoms with Crippen LogP contribution in [0.25, 0.3) is 0 Å². The number of halogens is 1.